The van der Waals surface area contributed by atoms with Crippen molar-refractivity contribution in [1.29, 1.82) is 0 Å². The van der Waals surface area contributed by atoms with Crippen LogP contribution in [0.1, 0.15) is 24.7 Å². The van der Waals surface area contributed by atoms with Gasteiger partial charge < -0.3 is 20.9 Å². The maximum absolute atomic E-state index is 12.2. The number of nitrogens with one attached hydrogen (secondary N) is 1. The number of carbonyl (C=O) groups is 1. The highest BCUT2D eigenvalue weighted by Crippen LogP contribution is 2.06. The van der Waals surface area contributed by atoms with Gasteiger partial charge in [-0.05, 0) is 5.89 Å². The molecule has 2 heterocycles. The predicted octanol–water partition coefficient (Wildman–Crippen LogP) is -0.798. The number of nitrogens with zero attached hydrogens (tertiary/aromatic N) is 3. The van der Waals surface area contributed by atoms with Crippen molar-refractivity contribution < 1.29 is 25.2 Å². The number of nitrogen functional groups attached to an aromatic ring is 1. The maximum Gasteiger partial charge on any atom is 0.323 e. The number of imidazole rings is 1. The van der Waals surface area contributed by atoms with Crippen LogP contribution in [0.2, 0.25) is 0 Å². The molecule has 10 nitrogen and oxygen atoms in total. The minimum atomic E-state index is -3.64. The Bertz CT molecular complexity index is 1000. The summed E-state index contributed by atoms with van der Waals surface area (Å²) in [5, 5.41) is 0. The zero-order valence-corrected chi connectivity index (χ0v) is 11.8. The molecule has 0 bridgehead atoms. The van der Waals surface area contributed by atoms with Gasteiger partial charge >= 0.3 is 5.97 Å². The molecule has 2 aromatic rings. The topological polar surface area (TPSA) is 151 Å². The molecule has 23 heavy (non-hydrogen) atoms. The summed E-state index contributed by atoms with van der Waals surface area (Å²) in [5.74, 6) is -5.49. The molecule has 1 atom stereocenters. The summed E-state index contributed by atoms with van der Waals surface area (Å²) in [4.78, 5) is 33.9. The molecular formula is C13H20N6O4. The van der Waals surface area contributed by atoms with Gasteiger partial charge in [-0.3, -0.25) is 19.1 Å². The molecule has 0 aliphatic rings. The maximum atomic E-state index is 12.2. The molecule has 126 valence electrons. The first-order valence-electron chi connectivity index (χ1n) is 10.3. The number of fused-ring (bicyclic) bond motifs is 1. The van der Waals surface area contributed by atoms with Gasteiger partial charge in [0, 0.05) is 9.60 Å². The molecular weight excluding hydrogens is 304 g/mol. The number of hydrogen-bond donors (Lipinski definition) is 3. The van der Waals surface area contributed by atoms with Crippen LogP contribution >= 0.6 is 0 Å². The summed E-state index contributed by atoms with van der Waals surface area (Å²) in [5.41, 5.74) is 10.5. The van der Waals surface area contributed by atoms with Gasteiger partial charge in [-0.15, -0.1) is 0 Å². The van der Waals surface area contributed by atoms with Crippen molar-refractivity contribution in [2.45, 2.75) is 26.5 Å². The Hall–Kier alpha value is -2.46. The van der Waals surface area contributed by atoms with Crippen LogP contribution in [0.5, 0.6) is 0 Å². The SMILES string of the molecule is [2H]C([2H])([2H])C([2H])(C([2H])([2H])[2H])[C@@]([2H])(N)C(=O)OCCOCn1cnc2c(=O)[nH]c(N)nc21. The first-order valence-corrected chi connectivity index (χ1v) is 6.28. The van der Waals surface area contributed by atoms with Gasteiger partial charge in [0.1, 0.15) is 19.4 Å². The van der Waals surface area contributed by atoms with Crippen LogP contribution in [-0.4, -0.2) is 44.7 Å². The number of anilines is 1. The lowest BCUT2D eigenvalue weighted by Gasteiger charge is -2.14. The molecule has 2 aromatic heterocycles. The van der Waals surface area contributed by atoms with E-state index in [2.05, 4.69) is 19.7 Å². The second-order valence-corrected chi connectivity index (χ2v) is 4.30. The van der Waals surface area contributed by atoms with Gasteiger partial charge in [-0.1, -0.05) is 13.7 Å². The van der Waals surface area contributed by atoms with E-state index in [9.17, 15) is 9.59 Å². The van der Waals surface area contributed by atoms with E-state index in [1.54, 1.807) is 0 Å². The number of esters is 1. The first kappa shape index (κ1) is 8.99. The lowest BCUT2D eigenvalue weighted by atomic mass is 10.1. The number of carbonyl (C=O) groups excluding carboxylic acids is 1. The van der Waals surface area contributed by atoms with E-state index in [1.165, 1.54) is 10.9 Å². The highest BCUT2D eigenvalue weighted by atomic mass is 16.6. The molecule has 0 spiro atoms. The Kier molecular flexibility index (Phi) is 2.81. The van der Waals surface area contributed by atoms with Crippen molar-refractivity contribution in [1.82, 2.24) is 19.5 Å². The fourth-order valence-electron chi connectivity index (χ4n) is 1.60. The minimum absolute atomic E-state index is 0.0208. The van der Waals surface area contributed by atoms with E-state index < -0.39 is 43.8 Å². The zero-order valence-electron chi connectivity index (χ0n) is 19.8. The second-order valence-electron chi connectivity index (χ2n) is 4.30. The van der Waals surface area contributed by atoms with Crippen molar-refractivity contribution >= 4 is 23.1 Å². The van der Waals surface area contributed by atoms with Crippen LogP contribution < -0.4 is 17.0 Å². The average molecular weight is 332 g/mol. The lowest BCUT2D eigenvalue weighted by molar-refractivity contribution is -0.148. The fraction of sp³-hybridized carbons (Fsp3) is 0.538. The van der Waals surface area contributed by atoms with E-state index in [-0.39, 0.29) is 30.4 Å². The third-order valence-corrected chi connectivity index (χ3v) is 2.67. The molecule has 0 unspecified atom stereocenters. The molecule has 2 rings (SSSR count). The van der Waals surface area contributed by atoms with Gasteiger partial charge in [-0.25, -0.2) is 4.98 Å². The normalized spacial score (nSPS) is 20.7. The molecule has 5 N–H and O–H groups in total. The Labute approximate surface area is 143 Å². The summed E-state index contributed by atoms with van der Waals surface area (Å²) in [6.07, 6.45) is 1.26. The van der Waals surface area contributed by atoms with E-state index in [4.69, 9.17) is 27.2 Å². The Morgan fingerprint density at radius 1 is 1.57 bits per heavy atom. The molecule has 10 heteroatoms. The van der Waals surface area contributed by atoms with Gasteiger partial charge in [0.05, 0.1) is 14.3 Å². The van der Waals surface area contributed by atoms with Crippen LogP contribution in [-0.2, 0) is 21.0 Å². The standard InChI is InChI=1S/C13H20N6O4/c1-7(2)8(14)12(21)23-4-3-22-6-19-5-16-9-10(19)17-13(15)18-11(9)20/h5,7-8H,3-4,6,14H2,1-2H3,(H3,15,17,18,20)/t8-/m1/s1/i1D3,2D3,7D,8D. The number of ether oxygens (including phenoxy) is 2. The van der Waals surface area contributed by atoms with Crippen LogP contribution in [0.25, 0.3) is 11.2 Å². The Balaban J connectivity index is 2.00. The van der Waals surface area contributed by atoms with Crippen LogP contribution in [0.15, 0.2) is 11.1 Å². The van der Waals surface area contributed by atoms with Gasteiger partial charge in [0.2, 0.25) is 5.95 Å². The number of rotatable bonds is 7. The molecule has 0 aliphatic carbocycles. The monoisotopic (exact) mass is 332 g/mol. The predicted molar refractivity (Wildman–Crippen MR) is 82.3 cm³/mol. The van der Waals surface area contributed by atoms with Gasteiger partial charge in [0.15, 0.2) is 11.2 Å². The van der Waals surface area contributed by atoms with E-state index in [0.717, 1.165) is 0 Å². The Morgan fingerprint density at radius 2 is 2.35 bits per heavy atom. The summed E-state index contributed by atoms with van der Waals surface area (Å²) in [6, 6.07) is -3.42. The van der Waals surface area contributed by atoms with Crippen molar-refractivity contribution in [2.24, 2.45) is 11.6 Å². The molecule has 0 radical (unpaired) electrons. The molecule has 0 aliphatic heterocycles. The van der Waals surface area contributed by atoms with Crippen LogP contribution in [0.3, 0.4) is 0 Å². The van der Waals surface area contributed by atoms with Crippen LogP contribution in [0.4, 0.5) is 5.95 Å². The van der Waals surface area contributed by atoms with Crippen molar-refractivity contribution in [3.63, 3.8) is 0 Å². The van der Waals surface area contributed by atoms with Gasteiger partial charge in [-0.2, -0.15) is 4.98 Å². The average Bonchev–Trinajstić information content (AvgIpc) is 3.01. The fourth-order valence-corrected chi connectivity index (χ4v) is 1.60. The van der Waals surface area contributed by atoms with E-state index in [1.807, 2.05) is 0 Å². The first-order chi connectivity index (χ1) is 14.0. The minimum Gasteiger partial charge on any atom is -0.462 e. The van der Waals surface area contributed by atoms with E-state index in [0.29, 0.717) is 0 Å². The molecule has 0 fully saturated rings. The second kappa shape index (κ2) is 7.20. The zero-order chi connectivity index (χ0) is 23.8. The summed E-state index contributed by atoms with van der Waals surface area (Å²) < 4.78 is 70.8. The number of H-pyrrole nitrogens is 1. The smallest absolute Gasteiger partial charge is 0.323 e. The van der Waals surface area contributed by atoms with E-state index >= 15 is 0 Å². The number of aromatic nitrogens is 4. The molecule has 0 aromatic carbocycles. The van der Waals surface area contributed by atoms with Crippen molar-refractivity contribution in [2.75, 3.05) is 18.9 Å². The highest BCUT2D eigenvalue weighted by molar-refractivity contribution is 5.75. The quantitative estimate of drug-likeness (QED) is 0.440. The molecule has 0 saturated carbocycles. The van der Waals surface area contributed by atoms with Crippen molar-refractivity contribution in [3.8, 4) is 0 Å². The lowest BCUT2D eigenvalue weighted by Crippen LogP contribution is -2.37. The summed E-state index contributed by atoms with van der Waals surface area (Å²) in [6.45, 7) is -8.17. The number of aromatic amines is 1. The van der Waals surface area contributed by atoms with Crippen molar-refractivity contribution in [3.05, 3.63) is 16.7 Å². The summed E-state index contributed by atoms with van der Waals surface area (Å²) in [7, 11) is 0. The number of hydrogen-bond acceptors (Lipinski definition) is 8. The Morgan fingerprint density at radius 3 is 3.09 bits per heavy atom. The third kappa shape index (κ3) is 4.05. The van der Waals surface area contributed by atoms with Crippen LogP contribution in [0, 0.1) is 5.89 Å². The molecule has 0 saturated heterocycles. The highest BCUT2D eigenvalue weighted by Gasteiger charge is 2.18. The molecule has 0 amide bonds. The summed E-state index contributed by atoms with van der Waals surface area (Å²) >= 11 is 0. The number of nitrogens with two attached hydrogens (primary N) is 2. The third-order valence-electron chi connectivity index (χ3n) is 2.67. The van der Waals surface area contributed by atoms with Gasteiger partial charge in [0.25, 0.3) is 5.56 Å². The largest absolute Gasteiger partial charge is 0.462 e.